The van der Waals surface area contributed by atoms with Crippen LogP contribution in [0.15, 0.2) is 30.3 Å². The minimum Gasteiger partial charge on any atom is -0.477 e. The first-order valence-electron chi connectivity index (χ1n) is 5.63. The van der Waals surface area contributed by atoms with E-state index in [1.807, 2.05) is 31.2 Å². The van der Waals surface area contributed by atoms with E-state index in [4.69, 9.17) is 16.7 Å². The molecule has 0 aliphatic heterocycles. The summed E-state index contributed by atoms with van der Waals surface area (Å²) in [5, 5.41) is 9.67. The van der Waals surface area contributed by atoms with Crippen LogP contribution < -0.4 is 0 Å². The van der Waals surface area contributed by atoms with Gasteiger partial charge in [0, 0.05) is 9.90 Å². The van der Waals surface area contributed by atoms with E-state index in [9.17, 15) is 4.79 Å². The second-order valence-corrected chi connectivity index (χ2v) is 5.82. The lowest BCUT2D eigenvalue weighted by molar-refractivity contribution is 0.0702. The van der Waals surface area contributed by atoms with Crippen molar-refractivity contribution in [3.8, 4) is 0 Å². The van der Waals surface area contributed by atoms with Gasteiger partial charge >= 0.3 is 5.97 Å². The van der Waals surface area contributed by atoms with Crippen LogP contribution in [0.2, 0.25) is 5.02 Å². The van der Waals surface area contributed by atoms with Crippen LogP contribution in [0, 0.1) is 6.92 Å². The van der Waals surface area contributed by atoms with Crippen LogP contribution in [-0.2, 0) is 12.8 Å². The Morgan fingerprint density at radius 3 is 2.72 bits per heavy atom. The molecule has 1 N–H and O–H groups in total. The van der Waals surface area contributed by atoms with Gasteiger partial charge in [0.15, 0.2) is 0 Å². The summed E-state index contributed by atoms with van der Waals surface area (Å²) in [5.41, 5.74) is 2.28. The lowest BCUT2D eigenvalue weighted by Gasteiger charge is -2.01. The lowest BCUT2D eigenvalue weighted by Crippen LogP contribution is -1.93. The van der Waals surface area contributed by atoms with Crippen molar-refractivity contribution in [2.45, 2.75) is 19.8 Å². The highest BCUT2D eigenvalue weighted by molar-refractivity contribution is 7.14. The predicted molar refractivity (Wildman–Crippen MR) is 74.9 cm³/mol. The predicted octanol–water partition coefficient (Wildman–Crippen LogP) is 4.19. The van der Waals surface area contributed by atoms with Crippen LogP contribution in [0.5, 0.6) is 0 Å². The Balaban J connectivity index is 2.08. The topological polar surface area (TPSA) is 37.3 Å². The Morgan fingerprint density at radius 2 is 2.11 bits per heavy atom. The van der Waals surface area contributed by atoms with Crippen molar-refractivity contribution in [1.82, 2.24) is 0 Å². The molecule has 0 radical (unpaired) electrons. The molecule has 94 valence electrons. The molecule has 0 amide bonds. The summed E-state index contributed by atoms with van der Waals surface area (Å²) in [7, 11) is 0. The molecular formula is C14H13ClO2S. The molecule has 2 aromatic rings. The maximum atomic E-state index is 10.9. The molecule has 0 saturated heterocycles. The third-order valence-electron chi connectivity index (χ3n) is 2.80. The van der Waals surface area contributed by atoms with E-state index in [0.717, 1.165) is 28.3 Å². The fourth-order valence-corrected chi connectivity index (χ4v) is 2.97. The minimum atomic E-state index is -0.850. The summed E-state index contributed by atoms with van der Waals surface area (Å²) in [5.74, 6) is -0.850. The van der Waals surface area contributed by atoms with Crippen LogP contribution in [0.1, 0.15) is 25.7 Å². The first kappa shape index (κ1) is 13.1. The van der Waals surface area contributed by atoms with Gasteiger partial charge in [-0.2, -0.15) is 0 Å². The van der Waals surface area contributed by atoms with Crippen LogP contribution in [-0.4, -0.2) is 11.1 Å². The van der Waals surface area contributed by atoms with Crippen molar-refractivity contribution in [3.63, 3.8) is 0 Å². The van der Waals surface area contributed by atoms with E-state index in [-0.39, 0.29) is 0 Å². The molecule has 0 spiro atoms. The maximum absolute atomic E-state index is 10.9. The first-order chi connectivity index (χ1) is 8.56. The van der Waals surface area contributed by atoms with Gasteiger partial charge in [-0.15, -0.1) is 11.3 Å². The van der Waals surface area contributed by atoms with Crippen LogP contribution >= 0.6 is 22.9 Å². The number of aryl methyl sites for hydroxylation is 3. The number of benzene rings is 1. The first-order valence-corrected chi connectivity index (χ1v) is 6.83. The van der Waals surface area contributed by atoms with Gasteiger partial charge in [0.25, 0.3) is 0 Å². The Bertz CT molecular complexity index is 575. The zero-order valence-electron chi connectivity index (χ0n) is 9.94. The normalized spacial score (nSPS) is 10.6. The second kappa shape index (κ2) is 5.55. The van der Waals surface area contributed by atoms with E-state index in [1.54, 1.807) is 6.07 Å². The van der Waals surface area contributed by atoms with Gasteiger partial charge in [-0.25, -0.2) is 4.79 Å². The molecule has 1 aromatic heterocycles. The number of hydrogen-bond donors (Lipinski definition) is 1. The van der Waals surface area contributed by atoms with Gasteiger partial charge in [0.05, 0.1) is 0 Å². The Morgan fingerprint density at radius 1 is 1.33 bits per heavy atom. The van der Waals surface area contributed by atoms with E-state index in [0.29, 0.717) is 4.88 Å². The molecule has 1 aromatic carbocycles. The summed E-state index contributed by atoms with van der Waals surface area (Å²) in [6.07, 6.45) is 1.72. The van der Waals surface area contributed by atoms with Crippen LogP contribution in [0.25, 0.3) is 0 Å². The average molecular weight is 281 g/mol. The summed E-state index contributed by atoms with van der Waals surface area (Å²) in [4.78, 5) is 12.4. The zero-order valence-corrected chi connectivity index (χ0v) is 11.5. The molecule has 0 aliphatic rings. The maximum Gasteiger partial charge on any atom is 0.345 e. The van der Waals surface area contributed by atoms with E-state index in [2.05, 4.69) is 0 Å². The summed E-state index contributed by atoms with van der Waals surface area (Å²) in [6.45, 7) is 1.96. The fourth-order valence-electron chi connectivity index (χ4n) is 1.84. The molecule has 2 rings (SSSR count). The van der Waals surface area contributed by atoms with Gasteiger partial charge in [0.1, 0.15) is 4.88 Å². The number of carbonyl (C=O) groups is 1. The zero-order chi connectivity index (χ0) is 13.1. The monoisotopic (exact) mass is 280 g/mol. The fraction of sp³-hybridized carbons (Fsp3) is 0.214. The summed E-state index contributed by atoms with van der Waals surface area (Å²) in [6, 6.07) is 9.53. The van der Waals surface area contributed by atoms with Crippen LogP contribution in [0.3, 0.4) is 0 Å². The molecule has 0 atom stereocenters. The van der Waals surface area contributed by atoms with Gasteiger partial charge < -0.3 is 5.11 Å². The Kier molecular flexibility index (Phi) is 4.04. The molecule has 0 unspecified atom stereocenters. The number of carboxylic acid groups (broad SMARTS) is 1. The highest BCUT2D eigenvalue weighted by atomic mass is 35.5. The molecule has 18 heavy (non-hydrogen) atoms. The summed E-state index contributed by atoms with van der Waals surface area (Å²) >= 11 is 7.26. The molecule has 0 saturated carbocycles. The molecular weight excluding hydrogens is 268 g/mol. The SMILES string of the molecule is Cc1sc(C(=O)O)cc1CCc1cccc(Cl)c1. The smallest absolute Gasteiger partial charge is 0.345 e. The highest BCUT2D eigenvalue weighted by Crippen LogP contribution is 2.23. The second-order valence-electron chi connectivity index (χ2n) is 4.13. The Hall–Kier alpha value is -1.32. The van der Waals surface area contributed by atoms with Crippen LogP contribution in [0.4, 0.5) is 0 Å². The molecule has 4 heteroatoms. The molecule has 0 fully saturated rings. The minimum absolute atomic E-state index is 0.411. The molecule has 0 bridgehead atoms. The van der Waals surface area contributed by atoms with Crippen molar-refractivity contribution >= 4 is 28.9 Å². The van der Waals surface area contributed by atoms with Gasteiger partial charge in [0.2, 0.25) is 0 Å². The molecule has 1 heterocycles. The van der Waals surface area contributed by atoms with Gasteiger partial charge in [-0.1, -0.05) is 23.7 Å². The number of thiophene rings is 1. The van der Waals surface area contributed by atoms with Crippen molar-refractivity contribution < 1.29 is 9.90 Å². The van der Waals surface area contributed by atoms with Gasteiger partial charge in [-0.3, -0.25) is 0 Å². The highest BCUT2D eigenvalue weighted by Gasteiger charge is 2.10. The summed E-state index contributed by atoms with van der Waals surface area (Å²) < 4.78 is 0. The van der Waals surface area contributed by atoms with E-state index in [1.165, 1.54) is 16.9 Å². The Labute approximate surface area is 115 Å². The van der Waals surface area contributed by atoms with Crippen molar-refractivity contribution in [2.75, 3.05) is 0 Å². The van der Waals surface area contributed by atoms with E-state index >= 15 is 0 Å². The number of aromatic carboxylic acids is 1. The van der Waals surface area contributed by atoms with E-state index < -0.39 is 5.97 Å². The number of hydrogen-bond acceptors (Lipinski definition) is 2. The van der Waals surface area contributed by atoms with Gasteiger partial charge in [-0.05, 0) is 49.1 Å². The lowest BCUT2D eigenvalue weighted by atomic mass is 10.1. The van der Waals surface area contributed by atoms with Crippen molar-refractivity contribution in [2.24, 2.45) is 0 Å². The molecule has 2 nitrogen and oxygen atoms in total. The standard InChI is InChI=1S/C14H13ClO2S/c1-9-11(8-13(18-9)14(16)17)6-5-10-3-2-4-12(15)7-10/h2-4,7-8H,5-6H2,1H3,(H,16,17). The quantitative estimate of drug-likeness (QED) is 0.912. The third-order valence-corrected chi connectivity index (χ3v) is 4.12. The number of carboxylic acids is 1. The number of rotatable bonds is 4. The molecule has 0 aliphatic carbocycles. The number of halogens is 1. The van der Waals surface area contributed by atoms with Crippen molar-refractivity contribution in [1.29, 1.82) is 0 Å². The van der Waals surface area contributed by atoms with Crippen molar-refractivity contribution in [3.05, 3.63) is 56.2 Å². The average Bonchev–Trinajstić information content (AvgIpc) is 2.68. The largest absolute Gasteiger partial charge is 0.477 e. The third kappa shape index (κ3) is 3.12.